The number of pyridine rings is 2. The molecule has 1 unspecified atom stereocenters. The van der Waals surface area contributed by atoms with E-state index < -0.39 is 48.3 Å². The van der Waals surface area contributed by atoms with Crippen LogP contribution in [0.25, 0.3) is 5.65 Å². The van der Waals surface area contributed by atoms with Crippen molar-refractivity contribution in [3.05, 3.63) is 59.1 Å². The highest BCUT2D eigenvalue weighted by Crippen LogP contribution is 2.39. The number of aryl methyl sites for hydroxylation is 2. The first-order valence-corrected chi connectivity index (χ1v) is 11.7. The van der Waals surface area contributed by atoms with Crippen molar-refractivity contribution >= 4 is 11.6 Å². The lowest BCUT2D eigenvalue weighted by Gasteiger charge is -2.31. The number of carbonyl (C=O) groups excluding carboxylic acids is 1. The summed E-state index contributed by atoms with van der Waals surface area (Å²) in [5.74, 6) is -5.92. The Labute approximate surface area is 214 Å². The van der Waals surface area contributed by atoms with Gasteiger partial charge in [-0.1, -0.05) is 0 Å². The molecule has 3 heterocycles. The first kappa shape index (κ1) is 29.2. The van der Waals surface area contributed by atoms with Crippen LogP contribution >= 0.6 is 0 Å². The summed E-state index contributed by atoms with van der Waals surface area (Å²) in [6, 6.07) is 3.18. The number of aliphatic hydroxyl groups is 1. The van der Waals surface area contributed by atoms with Crippen molar-refractivity contribution < 1.29 is 41.0 Å². The SMILES string of the molecule is Cc1cc(OCc2ncccc2F)c2nc(C)c(C(=O)NC(CCCC(F)(F)C(F)(F)F)C(C)(C)O)n2c1. The van der Waals surface area contributed by atoms with E-state index in [1.54, 1.807) is 26.1 Å². The van der Waals surface area contributed by atoms with Crippen molar-refractivity contribution in [3.8, 4) is 5.75 Å². The summed E-state index contributed by atoms with van der Waals surface area (Å²) in [5.41, 5.74) is -0.354. The van der Waals surface area contributed by atoms with E-state index in [-0.39, 0.29) is 41.5 Å². The molecular weight excluding hydrogens is 518 g/mol. The number of imidazole rings is 1. The molecule has 0 fully saturated rings. The van der Waals surface area contributed by atoms with E-state index in [4.69, 9.17) is 4.74 Å². The first-order valence-electron chi connectivity index (χ1n) is 11.7. The lowest BCUT2D eigenvalue weighted by Crippen LogP contribution is -2.49. The summed E-state index contributed by atoms with van der Waals surface area (Å²) in [6.07, 6.45) is -5.09. The summed E-state index contributed by atoms with van der Waals surface area (Å²) >= 11 is 0. The van der Waals surface area contributed by atoms with Crippen molar-refractivity contribution in [1.82, 2.24) is 19.7 Å². The van der Waals surface area contributed by atoms with Crippen LogP contribution in [-0.2, 0) is 6.61 Å². The van der Waals surface area contributed by atoms with Crippen LogP contribution < -0.4 is 10.1 Å². The highest BCUT2D eigenvalue weighted by molar-refractivity contribution is 5.95. The van der Waals surface area contributed by atoms with Crippen molar-refractivity contribution in [2.45, 2.75) is 77.3 Å². The first-order chi connectivity index (χ1) is 17.5. The lowest BCUT2D eigenvalue weighted by molar-refractivity contribution is -0.284. The fourth-order valence-corrected chi connectivity index (χ4v) is 3.91. The third-order valence-corrected chi connectivity index (χ3v) is 5.97. The minimum absolute atomic E-state index is 0.0486. The molecule has 2 N–H and O–H groups in total. The van der Waals surface area contributed by atoms with Crippen molar-refractivity contribution in [2.24, 2.45) is 0 Å². The van der Waals surface area contributed by atoms with Gasteiger partial charge in [0.15, 0.2) is 11.4 Å². The number of amides is 1. The fraction of sp³-hybridized carbons (Fsp3) is 0.480. The standard InChI is InChI=1S/C25H28F6N4O3/c1-14-11-18(38-13-17-16(26)7-6-10-32-17)21-33-15(2)20(35(21)12-14)22(36)34-19(23(3,4)37)8-5-9-24(27,28)25(29,30)31/h6-7,10-12,19,37H,5,8-9,13H2,1-4H3,(H,34,36). The number of nitrogens with zero attached hydrogens (tertiary/aromatic N) is 3. The fourth-order valence-electron chi connectivity index (χ4n) is 3.91. The van der Waals surface area contributed by atoms with Gasteiger partial charge in [0.2, 0.25) is 0 Å². The molecule has 0 aliphatic heterocycles. The lowest BCUT2D eigenvalue weighted by atomic mass is 9.92. The van der Waals surface area contributed by atoms with Gasteiger partial charge in [-0.15, -0.1) is 0 Å². The number of halogens is 6. The predicted molar refractivity (Wildman–Crippen MR) is 126 cm³/mol. The van der Waals surface area contributed by atoms with Crippen molar-refractivity contribution in [1.29, 1.82) is 0 Å². The minimum Gasteiger partial charge on any atom is -0.483 e. The summed E-state index contributed by atoms with van der Waals surface area (Å²) in [7, 11) is 0. The maximum absolute atomic E-state index is 14.0. The molecule has 0 spiro atoms. The second kappa shape index (κ2) is 10.8. The van der Waals surface area contributed by atoms with E-state index >= 15 is 0 Å². The molecule has 0 aliphatic carbocycles. The van der Waals surface area contributed by atoms with E-state index in [0.717, 1.165) is 0 Å². The Morgan fingerprint density at radius 1 is 1.21 bits per heavy atom. The predicted octanol–water partition coefficient (Wildman–Crippen LogP) is 5.30. The Kier molecular flexibility index (Phi) is 8.30. The van der Waals surface area contributed by atoms with Gasteiger partial charge >= 0.3 is 12.1 Å². The number of fused-ring (bicyclic) bond motifs is 1. The number of carbonyl (C=O) groups is 1. The number of aromatic nitrogens is 3. The summed E-state index contributed by atoms with van der Waals surface area (Å²) in [6.45, 7) is 5.69. The van der Waals surface area contributed by atoms with Gasteiger partial charge in [-0.2, -0.15) is 22.0 Å². The Morgan fingerprint density at radius 3 is 2.50 bits per heavy atom. The highest BCUT2D eigenvalue weighted by Gasteiger charge is 2.56. The second-order valence-electron chi connectivity index (χ2n) is 9.62. The van der Waals surface area contributed by atoms with Crippen LogP contribution in [0.5, 0.6) is 5.75 Å². The third-order valence-electron chi connectivity index (χ3n) is 5.97. The maximum Gasteiger partial charge on any atom is 0.453 e. The molecule has 0 saturated carbocycles. The highest BCUT2D eigenvalue weighted by atomic mass is 19.4. The quantitative estimate of drug-likeness (QED) is 0.337. The molecule has 38 heavy (non-hydrogen) atoms. The van der Waals surface area contributed by atoms with Gasteiger partial charge in [0.05, 0.1) is 17.3 Å². The van der Waals surface area contributed by atoms with Crippen molar-refractivity contribution in [2.75, 3.05) is 0 Å². The van der Waals surface area contributed by atoms with Gasteiger partial charge in [0.1, 0.15) is 23.8 Å². The largest absolute Gasteiger partial charge is 0.483 e. The van der Waals surface area contributed by atoms with Gasteiger partial charge in [-0.05, 0) is 64.3 Å². The molecule has 3 aromatic heterocycles. The molecule has 0 aromatic carbocycles. The zero-order valence-electron chi connectivity index (χ0n) is 21.2. The monoisotopic (exact) mass is 546 g/mol. The number of rotatable bonds is 10. The number of nitrogens with one attached hydrogen (secondary N) is 1. The van der Waals surface area contributed by atoms with E-state index in [0.29, 0.717) is 5.56 Å². The normalized spacial score (nSPS) is 13.6. The molecule has 1 atom stereocenters. The molecule has 1 amide bonds. The molecule has 0 bridgehead atoms. The summed E-state index contributed by atoms with van der Waals surface area (Å²) in [5, 5.41) is 13.0. The summed E-state index contributed by atoms with van der Waals surface area (Å²) < 4.78 is 85.3. The van der Waals surface area contributed by atoms with E-state index in [1.807, 2.05) is 0 Å². The van der Waals surface area contributed by atoms with Gasteiger partial charge in [-0.3, -0.25) is 14.2 Å². The second-order valence-corrected chi connectivity index (χ2v) is 9.62. The number of hydrogen-bond acceptors (Lipinski definition) is 5. The molecular formula is C25H28F6N4O3. The Morgan fingerprint density at radius 2 is 1.89 bits per heavy atom. The molecule has 0 radical (unpaired) electrons. The average Bonchev–Trinajstić information content (AvgIpc) is 3.11. The number of ether oxygens (including phenoxy) is 1. The van der Waals surface area contributed by atoms with Gasteiger partial charge in [-0.25, -0.2) is 9.37 Å². The average molecular weight is 547 g/mol. The van der Waals surface area contributed by atoms with Crippen molar-refractivity contribution in [3.63, 3.8) is 0 Å². The zero-order chi connectivity index (χ0) is 28.5. The topological polar surface area (TPSA) is 88.8 Å². The minimum atomic E-state index is -5.69. The molecule has 3 aromatic rings. The van der Waals surface area contributed by atoms with Crippen LogP contribution in [0.1, 0.15) is 60.5 Å². The van der Waals surface area contributed by atoms with Crippen LogP contribution in [0.2, 0.25) is 0 Å². The third kappa shape index (κ3) is 6.55. The van der Waals surface area contributed by atoms with E-state index in [2.05, 4.69) is 15.3 Å². The molecule has 7 nitrogen and oxygen atoms in total. The zero-order valence-corrected chi connectivity index (χ0v) is 21.2. The molecule has 0 aliphatic rings. The van der Waals surface area contributed by atoms with Gasteiger partial charge < -0.3 is 15.2 Å². The Balaban J connectivity index is 1.84. The van der Waals surface area contributed by atoms with Gasteiger partial charge in [0.25, 0.3) is 5.91 Å². The number of hydrogen-bond donors (Lipinski definition) is 2. The van der Waals surface area contributed by atoms with E-state index in [9.17, 15) is 36.2 Å². The van der Waals surface area contributed by atoms with Crippen LogP contribution in [-0.4, -0.2) is 49.1 Å². The van der Waals surface area contributed by atoms with Crippen LogP contribution in [0.15, 0.2) is 30.6 Å². The molecule has 0 saturated heterocycles. The van der Waals surface area contributed by atoms with Crippen LogP contribution in [0.4, 0.5) is 26.3 Å². The Bertz CT molecular complexity index is 1300. The van der Waals surface area contributed by atoms with Gasteiger partial charge in [0, 0.05) is 18.8 Å². The van der Waals surface area contributed by atoms with Crippen LogP contribution in [0.3, 0.4) is 0 Å². The number of alkyl halides is 5. The molecule has 3 rings (SSSR count). The smallest absolute Gasteiger partial charge is 0.453 e. The maximum atomic E-state index is 14.0. The van der Waals surface area contributed by atoms with Crippen LogP contribution in [0, 0.1) is 19.7 Å². The molecule has 208 valence electrons. The van der Waals surface area contributed by atoms with E-state index in [1.165, 1.54) is 36.6 Å². The Hall–Kier alpha value is -3.35. The summed E-state index contributed by atoms with van der Waals surface area (Å²) in [4.78, 5) is 21.6. The molecule has 13 heteroatoms.